The monoisotopic (exact) mass is 421 g/mol. The van der Waals surface area contributed by atoms with E-state index < -0.39 is 21.9 Å². The van der Waals surface area contributed by atoms with Gasteiger partial charge in [-0.1, -0.05) is 0 Å². The van der Waals surface area contributed by atoms with E-state index in [9.17, 15) is 17.6 Å². The molecule has 3 rings (SSSR count). The van der Waals surface area contributed by atoms with Crippen LogP contribution in [-0.4, -0.2) is 54.1 Å². The van der Waals surface area contributed by atoms with Crippen LogP contribution in [0.3, 0.4) is 0 Å². The van der Waals surface area contributed by atoms with Crippen LogP contribution in [0.25, 0.3) is 0 Å². The molecule has 156 valence electrons. The van der Waals surface area contributed by atoms with E-state index in [0.717, 1.165) is 12.1 Å². The Labute approximate surface area is 169 Å². The number of halogens is 1. The van der Waals surface area contributed by atoms with Gasteiger partial charge in [0.15, 0.2) is 0 Å². The van der Waals surface area contributed by atoms with Crippen LogP contribution in [0, 0.1) is 5.82 Å². The second-order valence-corrected chi connectivity index (χ2v) is 8.85. The third-order valence-corrected chi connectivity index (χ3v) is 6.83. The number of hydrogen-bond acceptors (Lipinski definition) is 6. The average molecular weight is 421 g/mol. The molecule has 1 saturated heterocycles. The van der Waals surface area contributed by atoms with Gasteiger partial charge < -0.3 is 10.2 Å². The van der Waals surface area contributed by atoms with Crippen molar-refractivity contribution < 1.29 is 17.6 Å². The molecule has 1 fully saturated rings. The van der Waals surface area contributed by atoms with Crippen molar-refractivity contribution in [2.24, 2.45) is 0 Å². The number of carbonyl (C=O) groups is 1. The van der Waals surface area contributed by atoms with Gasteiger partial charge in [0.1, 0.15) is 17.5 Å². The first-order valence-electron chi connectivity index (χ1n) is 9.27. The Bertz CT molecular complexity index is 997. The van der Waals surface area contributed by atoms with Gasteiger partial charge in [0.2, 0.25) is 15.9 Å². The molecule has 0 bridgehead atoms. The Morgan fingerprint density at radius 3 is 2.62 bits per heavy atom. The van der Waals surface area contributed by atoms with Crippen LogP contribution in [0.15, 0.2) is 35.2 Å². The molecule has 8 nitrogen and oxygen atoms in total. The molecule has 0 spiro atoms. The highest BCUT2D eigenvalue weighted by molar-refractivity contribution is 7.89. The van der Waals surface area contributed by atoms with Gasteiger partial charge in [-0.2, -0.15) is 4.31 Å². The largest absolute Gasteiger partial charge is 0.373 e. The summed E-state index contributed by atoms with van der Waals surface area (Å²) in [7, 11) is -0.435. The first kappa shape index (κ1) is 21.1. The normalized spacial score (nSPS) is 17.3. The van der Waals surface area contributed by atoms with Crippen LogP contribution >= 0.6 is 0 Å². The lowest BCUT2D eigenvalue weighted by Gasteiger charge is -2.24. The summed E-state index contributed by atoms with van der Waals surface area (Å²) >= 11 is 0. The molecule has 2 heterocycles. The molecule has 1 aliphatic rings. The van der Waals surface area contributed by atoms with Crippen molar-refractivity contribution in [3.05, 3.63) is 47.7 Å². The van der Waals surface area contributed by atoms with Gasteiger partial charge in [0.05, 0.1) is 23.2 Å². The summed E-state index contributed by atoms with van der Waals surface area (Å²) in [4.78, 5) is 22.1. The van der Waals surface area contributed by atoms with Crippen molar-refractivity contribution >= 4 is 21.7 Å². The quantitative estimate of drug-likeness (QED) is 0.768. The molecule has 29 heavy (non-hydrogen) atoms. The number of carbonyl (C=O) groups excluding carboxylic acids is 1. The van der Waals surface area contributed by atoms with E-state index in [4.69, 9.17) is 0 Å². The predicted octanol–water partition coefficient (Wildman–Crippen LogP) is 2.16. The van der Waals surface area contributed by atoms with Crippen LogP contribution in [0.2, 0.25) is 0 Å². The molecule has 10 heteroatoms. The highest BCUT2D eigenvalue weighted by atomic mass is 32.2. The van der Waals surface area contributed by atoms with Gasteiger partial charge in [-0.3, -0.25) is 4.79 Å². The van der Waals surface area contributed by atoms with Gasteiger partial charge in [0.25, 0.3) is 0 Å². The maximum absolute atomic E-state index is 13.2. The lowest BCUT2D eigenvalue weighted by atomic mass is 10.2. The summed E-state index contributed by atoms with van der Waals surface area (Å²) in [5.74, 6) is 0.337. The fourth-order valence-electron chi connectivity index (χ4n) is 3.26. The van der Waals surface area contributed by atoms with Crippen LogP contribution in [0.1, 0.15) is 37.3 Å². The number of hydrogen-bond donors (Lipinski definition) is 1. The van der Waals surface area contributed by atoms with Crippen LogP contribution in [0.4, 0.5) is 10.2 Å². The molecule has 2 aromatic rings. The highest BCUT2D eigenvalue weighted by Crippen LogP contribution is 2.35. The van der Waals surface area contributed by atoms with Gasteiger partial charge in [-0.25, -0.2) is 22.8 Å². The molecular weight excluding hydrogens is 397 g/mol. The molecule has 1 unspecified atom stereocenters. The van der Waals surface area contributed by atoms with Gasteiger partial charge in [-0.05, 0) is 37.1 Å². The molecule has 1 aromatic carbocycles. The number of aromatic nitrogens is 2. The molecule has 1 amide bonds. The Morgan fingerprint density at radius 1 is 1.31 bits per heavy atom. The van der Waals surface area contributed by atoms with E-state index in [2.05, 4.69) is 15.3 Å². The third-order valence-electron chi connectivity index (χ3n) is 4.91. The molecule has 0 aliphatic carbocycles. The van der Waals surface area contributed by atoms with Gasteiger partial charge >= 0.3 is 0 Å². The van der Waals surface area contributed by atoms with E-state index >= 15 is 0 Å². The number of nitrogens with zero attached hydrogens (tertiary/aromatic N) is 4. The van der Waals surface area contributed by atoms with Crippen molar-refractivity contribution in [3.63, 3.8) is 0 Å². The SMILES string of the molecule is CNc1cc(CN(C)C(C)=O)nc(C2CCCN2S(=O)(=O)c2ccc(F)cc2)n1. The summed E-state index contributed by atoms with van der Waals surface area (Å²) in [6.45, 7) is 2.09. The Kier molecular flexibility index (Phi) is 6.13. The molecule has 1 aromatic heterocycles. The Balaban J connectivity index is 1.96. The Hall–Kier alpha value is -2.59. The summed E-state index contributed by atoms with van der Waals surface area (Å²) in [6.07, 6.45) is 1.25. The summed E-state index contributed by atoms with van der Waals surface area (Å²) < 4.78 is 40.8. The second-order valence-electron chi connectivity index (χ2n) is 6.96. The number of nitrogens with one attached hydrogen (secondary N) is 1. The van der Waals surface area contributed by atoms with Crippen molar-refractivity contribution in [1.82, 2.24) is 19.2 Å². The lowest BCUT2D eigenvalue weighted by molar-refractivity contribution is -0.128. The van der Waals surface area contributed by atoms with Crippen molar-refractivity contribution in [2.75, 3.05) is 26.0 Å². The summed E-state index contributed by atoms with van der Waals surface area (Å²) in [6, 6.07) is 5.99. The number of anilines is 1. The summed E-state index contributed by atoms with van der Waals surface area (Å²) in [5.41, 5.74) is 0.614. The predicted molar refractivity (Wildman–Crippen MR) is 106 cm³/mol. The first-order chi connectivity index (χ1) is 13.7. The van der Waals surface area contributed by atoms with Crippen molar-refractivity contribution in [3.8, 4) is 0 Å². The van der Waals surface area contributed by atoms with E-state index in [1.807, 2.05) is 0 Å². The van der Waals surface area contributed by atoms with Crippen molar-refractivity contribution in [2.45, 2.75) is 37.2 Å². The zero-order valence-corrected chi connectivity index (χ0v) is 17.4. The first-order valence-corrected chi connectivity index (χ1v) is 10.7. The van der Waals surface area contributed by atoms with Gasteiger partial charge in [-0.15, -0.1) is 0 Å². The topological polar surface area (TPSA) is 95.5 Å². The number of amides is 1. The minimum atomic E-state index is -3.82. The van der Waals surface area contributed by atoms with Gasteiger partial charge in [0, 0.05) is 33.6 Å². The highest BCUT2D eigenvalue weighted by Gasteiger charge is 2.38. The summed E-state index contributed by atoms with van der Waals surface area (Å²) in [5, 5.41) is 2.96. The zero-order chi connectivity index (χ0) is 21.2. The molecule has 1 atom stereocenters. The number of rotatable bonds is 6. The van der Waals surface area contributed by atoms with Crippen LogP contribution in [0.5, 0.6) is 0 Å². The molecule has 0 saturated carbocycles. The lowest BCUT2D eigenvalue weighted by Crippen LogP contribution is -2.32. The van der Waals surface area contributed by atoms with E-state index in [0.29, 0.717) is 36.7 Å². The van der Waals surface area contributed by atoms with E-state index in [1.54, 1.807) is 20.2 Å². The van der Waals surface area contributed by atoms with E-state index in [-0.39, 0.29) is 17.3 Å². The third kappa shape index (κ3) is 4.54. The van der Waals surface area contributed by atoms with Crippen LogP contribution in [-0.2, 0) is 21.4 Å². The molecule has 1 N–H and O–H groups in total. The second kappa shape index (κ2) is 8.42. The van der Waals surface area contributed by atoms with Crippen molar-refractivity contribution in [1.29, 1.82) is 0 Å². The fourth-order valence-corrected chi connectivity index (χ4v) is 4.91. The minimum absolute atomic E-state index is 0.0344. The fraction of sp³-hybridized carbons (Fsp3) is 0.421. The maximum atomic E-state index is 13.2. The molecule has 0 radical (unpaired) electrons. The molecular formula is C19H24FN5O3S. The minimum Gasteiger partial charge on any atom is -0.373 e. The standard InChI is InChI=1S/C19H24FN5O3S/c1-13(26)24(3)12-15-11-18(21-2)23-19(22-15)17-5-4-10-25(17)29(27,28)16-8-6-14(20)7-9-16/h6-9,11,17H,4-5,10,12H2,1-3H3,(H,21,22,23). The molecule has 1 aliphatic heterocycles. The maximum Gasteiger partial charge on any atom is 0.243 e. The average Bonchev–Trinajstić information content (AvgIpc) is 3.18. The number of benzene rings is 1. The number of sulfonamides is 1. The van der Waals surface area contributed by atoms with Crippen LogP contribution < -0.4 is 5.32 Å². The Morgan fingerprint density at radius 2 is 2.00 bits per heavy atom. The smallest absolute Gasteiger partial charge is 0.243 e. The zero-order valence-electron chi connectivity index (χ0n) is 16.6. The van der Waals surface area contributed by atoms with E-state index in [1.165, 1.54) is 28.3 Å².